The molecule has 130 valence electrons. The largest absolute Gasteiger partial charge is 0.481 e. The maximum absolute atomic E-state index is 12.3. The molecule has 1 aromatic rings. The first kappa shape index (κ1) is 19.8. The Bertz CT molecular complexity index is 508. The fourth-order valence-corrected chi connectivity index (χ4v) is 3.01. The molecule has 0 heterocycles. The molecule has 1 amide bonds. The van der Waals surface area contributed by atoms with Gasteiger partial charge >= 0.3 is 0 Å². The van der Waals surface area contributed by atoms with Gasteiger partial charge in [0.15, 0.2) is 6.10 Å². The fourth-order valence-electron chi connectivity index (χ4n) is 3.01. The molecule has 1 fully saturated rings. The molecule has 0 radical (unpaired) electrons. The topological polar surface area (TPSA) is 64.3 Å². The van der Waals surface area contributed by atoms with E-state index in [0.717, 1.165) is 25.0 Å². The fraction of sp³-hybridized carbons (Fsp3) is 0.611. The molecule has 0 aliphatic heterocycles. The Kier molecular flexibility index (Phi) is 7.86. The van der Waals surface area contributed by atoms with Gasteiger partial charge in [0.05, 0.1) is 0 Å². The number of amides is 1. The number of ether oxygens (including phenoxy) is 1. The number of carbonyl (C=O) groups excluding carboxylic acids is 1. The van der Waals surface area contributed by atoms with Gasteiger partial charge < -0.3 is 15.8 Å². The van der Waals surface area contributed by atoms with Crippen molar-refractivity contribution in [2.24, 2.45) is 11.7 Å². The molecule has 0 bridgehead atoms. The van der Waals surface area contributed by atoms with Crippen LogP contribution >= 0.6 is 12.4 Å². The summed E-state index contributed by atoms with van der Waals surface area (Å²) < 4.78 is 5.80. The second kappa shape index (κ2) is 9.14. The lowest BCUT2D eigenvalue weighted by atomic mass is 10.0. The summed E-state index contributed by atoms with van der Waals surface area (Å²) in [5.41, 5.74) is 6.97. The zero-order chi connectivity index (χ0) is 16.1. The summed E-state index contributed by atoms with van der Waals surface area (Å²) in [5.74, 6) is 1.54. The first-order valence-electron chi connectivity index (χ1n) is 8.28. The number of nitrogens with one attached hydrogen (secondary N) is 1. The number of halogens is 1. The molecule has 1 aliphatic carbocycles. The third-order valence-electron chi connectivity index (χ3n) is 4.50. The smallest absolute Gasteiger partial charge is 0.261 e. The van der Waals surface area contributed by atoms with Crippen LogP contribution in [0.5, 0.6) is 5.75 Å². The molecular formula is C18H29ClN2O2. The van der Waals surface area contributed by atoms with Gasteiger partial charge in [-0.3, -0.25) is 4.79 Å². The Morgan fingerprint density at radius 2 is 2.09 bits per heavy atom. The number of nitrogens with two attached hydrogens (primary N) is 1. The normalized spacial score (nSPS) is 21.6. The van der Waals surface area contributed by atoms with Crippen LogP contribution in [-0.2, 0) is 4.79 Å². The SMILES string of the molecule is CC(Oc1cccc(C(C)C)c1)C(=O)NC1CCCC1CN.Cl. The highest BCUT2D eigenvalue weighted by molar-refractivity contribution is 5.85. The van der Waals surface area contributed by atoms with E-state index >= 15 is 0 Å². The van der Waals surface area contributed by atoms with Crippen LogP contribution in [0.3, 0.4) is 0 Å². The van der Waals surface area contributed by atoms with Crippen LogP contribution in [0, 0.1) is 5.92 Å². The lowest BCUT2D eigenvalue weighted by Crippen LogP contribution is -2.45. The van der Waals surface area contributed by atoms with Gasteiger partial charge in [0.2, 0.25) is 0 Å². The van der Waals surface area contributed by atoms with E-state index in [0.29, 0.717) is 18.4 Å². The monoisotopic (exact) mass is 340 g/mol. The van der Waals surface area contributed by atoms with Crippen LogP contribution in [0.15, 0.2) is 24.3 Å². The molecule has 0 aromatic heterocycles. The van der Waals surface area contributed by atoms with Crippen LogP contribution in [-0.4, -0.2) is 24.6 Å². The molecule has 23 heavy (non-hydrogen) atoms. The molecule has 3 atom stereocenters. The first-order valence-corrected chi connectivity index (χ1v) is 8.28. The van der Waals surface area contributed by atoms with Gasteiger partial charge in [-0.05, 0) is 55.8 Å². The molecule has 1 saturated carbocycles. The number of hydrogen-bond donors (Lipinski definition) is 2. The van der Waals surface area contributed by atoms with Crippen LogP contribution in [0.2, 0.25) is 0 Å². The Balaban J connectivity index is 0.00000264. The Morgan fingerprint density at radius 3 is 2.74 bits per heavy atom. The molecular weight excluding hydrogens is 312 g/mol. The second-order valence-corrected chi connectivity index (χ2v) is 6.53. The van der Waals surface area contributed by atoms with Gasteiger partial charge in [-0.1, -0.05) is 32.4 Å². The average molecular weight is 341 g/mol. The van der Waals surface area contributed by atoms with Crippen molar-refractivity contribution in [2.45, 2.75) is 58.1 Å². The highest BCUT2D eigenvalue weighted by Crippen LogP contribution is 2.25. The van der Waals surface area contributed by atoms with Crippen LogP contribution in [0.25, 0.3) is 0 Å². The van der Waals surface area contributed by atoms with Gasteiger partial charge in [0.1, 0.15) is 5.75 Å². The minimum absolute atomic E-state index is 0. The van der Waals surface area contributed by atoms with Crippen molar-refractivity contribution < 1.29 is 9.53 Å². The van der Waals surface area contributed by atoms with Gasteiger partial charge in [-0.2, -0.15) is 0 Å². The van der Waals surface area contributed by atoms with E-state index in [-0.39, 0.29) is 24.4 Å². The van der Waals surface area contributed by atoms with Crippen molar-refractivity contribution in [1.82, 2.24) is 5.32 Å². The minimum Gasteiger partial charge on any atom is -0.481 e. The summed E-state index contributed by atoms with van der Waals surface area (Å²) in [6.45, 7) is 6.71. The van der Waals surface area contributed by atoms with Crippen molar-refractivity contribution in [2.75, 3.05) is 6.54 Å². The van der Waals surface area contributed by atoms with Crippen LogP contribution in [0.1, 0.15) is 51.5 Å². The highest BCUT2D eigenvalue weighted by Gasteiger charge is 2.29. The van der Waals surface area contributed by atoms with E-state index in [9.17, 15) is 4.79 Å². The van der Waals surface area contributed by atoms with Crippen molar-refractivity contribution in [1.29, 1.82) is 0 Å². The van der Waals surface area contributed by atoms with E-state index < -0.39 is 6.10 Å². The standard InChI is InChI=1S/C18H28N2O2.ClH/c1-12(2)14-6-4-8-16(10-14)22-13(3)18(21)20-17-9-5-7-15(17)11-19;/h4,6,8,10,12-13,15,17H,5,7,9,11,19H2,1-3H3,(H,20,21);1H. The van der Waals surface area contributed by atoms with E-state index in [1.165, 1.54) is 5.56 Å². The zero-order valence-corrected chi connectivity index (χ0v) is 15.1. The van der Waals surface area contributed by atoms with Crippen molar-refractivity contribution in [3.05, 3.63) is 29.8 Å². The van der Waals surface area contributed by atoms with Gasteiger partial charge in [-0.15, -0.1) is 12.4 Å². The van der Waals surface area contributed by atoms with Crippen molar-refractivity contribution in [3.63, 3.8) is 0 Å². The molecule has 4 nitrogen and oxygen atoms in total. The molecule has 2 rings (SSSR count). The van der Waals surface area contributed by atoms with E-state index in [4.69, 9.17) is 10.5 Å². The average Bonchev–Trinajstić information content (AvgIpc) is 2.94. The lowest BCUT2D eigenvalue weighted by Gasteiger charge is -2.22. The third-order valence-corrected chi connectivity index (χ3v) is 4.50. The summed E-state index contributed by atoms with van der Waals surface area (Å²) in [5, 5.41) is 3.09. The van der Waals surface area contributed by atoms with Crippen molar-refractivity contribution in [3.8, 4) is 5.75 Å². The van der Waals surface area contributed by atoms with Crippen LogP contribution in [0.4, 0.5) is 0 Å². The predicted octanol–water partition coefficient (Wildman–Crippen LogP) is 3.24. The van der Waals surface area contributed by atoms with Crippen LogP contribution < -0.4 is 15.8 Å². The quantitative estimate of drug-likeness (QED) is 0.835. The number of hydrogen-bond acceptors (Lipinski definition) is 3. The Morgan fingerprint density at radius 1 is 1.35 bits per heavy atom. The number of carbonyl (C=O) groups is 1. The Labute approximate surface area is 145 Å². The highest BCUT2D eigenvalue weighted by atomic mass is 35.5. The lowest BCUT2D eigenvalue weighted by molar-refractivity contribution is -0.128. The number of rotatable bonds is 6. The molecule has 0 spiro atoms. The van der Waals surface area contributed by atoms with E-state index in [1.54, 1.807) is 6.92 Å². The molecule has 3 N–H and O–H groups in total. The zero-order valence-electron chi connectivity index (χ0n) is 14.2. The van der Waals surface area contributed by atoms with Gasteiger partial charge in [-0.25, -0.2) is 0 Å². The Hall–Kier alpha value is -1.26. The third kappa shape index (κ3) is 5.40. The molecule has 1 aromatic carbocycles. The number of benzene rings is 1. The van der Waals surface area contributed by atoms with Gasteiger partial charge in [0, 0.05) is 6.04 Å². The first-order chi connectivity index (χ1) is 10.5. The van der Waals surface area contributed by atoms with Crippen molar-refractivity contribution >= 4 is 18.3 Å². The summed E-state index contributed by atoms with van der Waals surface area (Å²) >= 11 is 0. The molecule has 3 unspecified atom stereocenters. The van der Waals surface area contributed by atoms with Gasteiger partial charge in [0.25, 0.3) is 5.91 Å². The summed E-state index contributed by atoms with van der Waals surface area (Å²) in [7, 11) is 0. The van der Waals surface area contributed by atoms with E-state index in [1.807, 2.05) is 18.2 Å². The maximum atomic E-state index is 12.3. The summed E-state index contributed by atoms with van der Waals surface area (Å²) in [4.78, 5) is 12.3. The summed E-state index contributed by atoms with van der Waals surface area (Å²) in [6, 6.07) is 8.15. The van der Waals surface area contributed by atoms with E-state index in [2.05, 4.69) is 25.2 Å². The molecule has 1 aliphatic rings. The maximum Gasteiger partial charge on any atom is 0.261 e. The predicted molar refractivity (Wildman–Crippen MR) is 96.2 cm³/mol. The minimum atomic E-state index is -0.499. The molecule has 5 heteroatoms. The summed E-state index contributed by atoms with van der Waals surface area (Å²) in [6.07, 6.45) is 2.76. The second-order valence-electron chi connectivity index (χ2n) is 6.53. The molecule has 0 saturated heterocycles.